The lowest BCUT2D eigenvalue weighted by Crippen LogP contribution is -2.25. The van der Waals surface area contributed by atoms with Gasteiger partial charge in [-0.1, -0.05) is 0 Å². The topological polar surface area (TPSA) is 12.5 Å². The molecule has 48 valence electrons. The van der Waals surface area contributed by atoms with E-state index in [9.17, 15) is 0 Å². The van der Waals surface area contributed by atoms with Crippen molar-refractivity contribution in [3.05, 3.63) is 7.05 Å². The van der Waals surface area contributed by atoms with Gasteiger partial charge in [-0.2, -0.15) is 0 Å². The minimum atomic E-state index is 0.565. The van der Waals surface area contributed by atoms with Crippen LogP contribution in [0.1, 0.15) is 6.42 Å². The highest BCUT2D eigenvalue weighted by Gasteiger charge is 2.12. The highest BCUT2D eigenvalue weighted by atomic mass is 16.5. The maximum absolute atomic E-state index is 5.14. The van der Waals surface area contributed by atoms with E-state index in [1.165, 1.54) is 0 Å². The van der Waals surface area contributed by atoms with E-state index in [1.54, 1.807) is 0 Å². The van der Waals surface area contributed by atoms with Crippen LogP contribution in [0.25, 0.3) is 0 Å². The third-order valence-electron chi connectivity index (χ3n) is 1.53. The van der Waals surface area contributed by atoms with Crippen LogP contribution in [0.2, 0.25) is 0 Å². The fraction of sp³-hybridized carbons (Fsp3) is 0.833. The van der Waals surface area contributed by atoms with Crippen LogP contribution >= 0.6 is 0 Å². The maximum Gasteiger partial charge on any atom is 0.0598 e. The molecule has 2 heteroatoms. The number of hydrogen-bond acceptors (Lipinski definition) is 2. The smallest absolute Gasteiger partial charge is 0.0598 e. The van der Waals surface area contributed by atoms with E-state index >= 15 is 0 Å². The average molecular weight is 114 g/mol. The first-order valence-corrected chi connectivity index (χ1v) is 2.92. The fourth-order valence-corrected chi connectivity index (χ4v) is 0.870. The molecule has 8 heavy (non-hydrogen) atoms. The lowest BCUT2D eigenvalue weighted by atomic mass is 10.2. The second-order valence-electron chi connectivity index (χ2n) is 2.27. The lowest BCUT2D eigenvalue weighted by molar-refractivity contribution is 0.174. The predicted octanol–water partition coefficient (Wildman–Crippen LogP) is 0.499. The normalized spacial score (nSPS) is 29.6. The molecule has 0 bridgehead atoms. The van der Waals surface area contributed by atoms with Crippen LogP contribution in [0.15, 0.2) is 0 Å². The highest BCUT2D eigenvalue weighted by Crippen LogP contribution is 2.08. The molecule has 0 aromatic carbocycles. The summed E-state index contributed by atoms with van der Waals surface area (Å²) in [6.45, 7) is 1.77. The number of ether oxygens (including phenoxy) is 1. The van der Waals surface area contributed by atoms with Crippen LogP contribution in [0.5, 0.6) is 0 Å². The third kappa shape index (κ3) is 1.20. The summed E-state index contributed by atoms with van der Waals surface area (Å²) in [7, 11) is 5.76. The second kappa shape index (κ2) is 2.46. The molecule has 1 heterocycles. The Labute approximate surface area is 50.4 Å². The maximum atomic E-state index is 5.14. The Bertz CT molecular complexity index is 66.9. The van der Waals surface area contributed by atoms with Crippen molar-refractivity contribution in [2.45, 2.75) is 12.5 Å². The Morgan fingerprint density at radius 2 is 2.50 bits per heavy atom. The largest absolute Gasteiger partial charge is 0.457 e. The van der Waals surface area contributed by atoms with Crippen molar-refractivity contribution in [3.63, 3.8) is 0 Å². The van der Waals surface area contributed by atoms with E-state index in [0.717, 1.165) is 19.6 Å². The Balaban J connectivity index is 2.24. The Kier molecular flexibility index (Phi) is 1.86. The first kappa shape index (κ1) is 6.05. The van der Waals surface area contributed by atoms with Gasteiger partial charge in [0.15, 0.2) is 0 Å². The molecule has 0 aliphatic carbocycles. The molecule has 0 aromatic heterocycles. The molecule has 1 rings (SSSR count). The zero-order chi connectivity index (χ0) is 5.98. The molecule has 0 N–H and O–H groups in total. The molecule has 1 aliphatic rings. The Hall–Kier alpha value is -0.0800. The van der Waals surface area contributed by atoms with E-state index in [2.05, 4.69) is 7.05 Å². The van der Waals surface area contributed by atoms with Crippen molar-refractivity contribution < 1.29 is 4.74 Å². The van der Waals surface area contributed by atoms with Gasteiger partial charge in [-0.3, -0.25) is 7.05 Å². The van der Waals surface area contributed by atoms with Crippen LogP contribution in [-0.4, -0.2) is 31.2 Å². The Morgan fingerprint density at radius 1 is 1.75 bits per heavy atom. The molecule has 2 nitrogen and oxygen atoms in total. The molecule has 1 atom stereocenters. The van der Waals surface area contributed by atoms with Gasteiger partial charge in [-0.25, -0.2) is 0 Å². The summed E-state index contributed by atoms with van der Waals surface area (Å²) < 4.78 is 5.14. The number of rotatable bonds is 1. The summed E-state index contributed by atoms with van der Waals surface area (Å²) in [5.74, 6) is 0. The Morgan fingerprint density at radius 3 is 2.75 bits per heavy atom. The van der Waals surface area contributed by atoms with Crippen molar-refractivity contribution in [3.8, 4) is 0 Å². The van der Waals surface area contributed by atoms with E-state index < -0.39 is 0 Å². The van der Waals surface area contributed by atoms with Gasteiger partial charge in [-0.05, 0) is 13.5 Å². The molecule has 0 aromatic rings. The molecule has 1 fully saturated rings. The fourth-order valence-electron chi connectivity index (χ4n) is 0.870. The van der Waals surface area contributed by atoms with Gasteiger partial charge >= 0.3 is 0 Å². The van der Waals surface area contributed by atoms with E-state index in [1.807, 2.05) is 11.9 Å². The molecule has 0 radical (unpaired) electrons. The molecular formula is C6H12NO-. The van der Waals surface area contributed by atoms with Crippen molar-refractivity contribution in [2.75, 3.05) is 20.3 Å². The average Bonchev–Trinajstić information content (AvgIpc) is 2.12. The zero-order valence-corrected chi connectivity index (χ0v) is 5.26. The molecule has 1 saturated heterocycles. The van der Waals surface area contributed by atoms with Gasteiger partial charge in [0, 0.05) is 12.6 Å². The van der Waals surface area contributed by atoms with Crippen LogP contribution < -0.4 is 0 Å². The van der Waals surface area contributed by atoms with E-state index in [4.69, 9.17) is 4.74 Å². The van der Waals surface area contributed by atoms with Crippen LogP contribution in [-0.2, 0) is 4.74 Å². The number of hydrogen-bond donors (Lipinski definition) is 0. The molecule has 1 unspecified atom stereocenters. The van der Waals surface area contributed by atoms with Gasteiger partial charge in [-0.15, -0.1) is 0 Å². The van der Waals surface area contributed by atoms with Crippen molar-refractivity contribution >= 4 is 0 Å². The van der Waals surface area contributed by atoms with Crippen molar-refractivity contribution in [1.82, 2.24) is 4.90 Å². The first-order chi connectivity index (χ1) is 3.80. The van der Waals surface area contributed by atoms with Gasteiger partial charge in [0.1, 0.15) is 0 Å². The lowest BCUT2D eigenvalue weighted by Gasteiger charge is -2.24. The summed E-state index contributed by atoms with van der Waals surface area (Å²) in [4.78, 5) is 1.97. The van der Waals surface area contributed by atoms with Crippen LogP contribution in [0.3, 0.4) is 0 Å². The number of nitrogens with zero attached hydrogens (tertiary/aromatic N) is 1. The monoisotopic (exact) mass is 114 g/mol. The summed E-state index contributed by atoms with van der Waals surface area (Å²) in [6.07, 6.45) is 1.14. The van der Waals surface area contributed by atoms with Gasteiger partial charge in [0.05, 0.1) is 6.61 Å². The van der Waals surface area contributed by atoms with E-state index in [0.29, 0.717) is 6.04 Å². The molecule has 0 amide bonds. The third-order valence-corrected chi connectivity index (χ3v) is 1.53. The zero-order valence-electron chi connectivity index (χ0n) is 5.26. The molecular weight excluding hydrogens is 102 g/mol. The summed E-state index contributed by atoms with van der Waals surface area (Å²) >= 11 is 0. The van der Waals surface area contributed by atoms with Gasteiger partial charge in [0.2, 0.25) is 0 Å². The van der Waals surface area contributed by atoms with Crippen molar-refractivity contribution in [1.29, 1.82) is 0 Å². The minimum Gasteiger partial charge on any atom is -0.457 e. The van der Waals surface area contributed by atoms with E-state index in [-0.39, 0.29) is 0 Å². The molecule has 1 aliphatic heterocycles. The summed E-state index contributed by atoms with van der Waals surface area (Å²) in [5, 5.41) is 0. The first-order valence-electron chi connectivity index (χ1n) is 2.92. The van der Waals surface area contributed by atoms with Gasteiger partial charge in [0.25, 0.3) is 0 Å². The number of likely N-dealkylation sites (N-methyl/N-ethyl adjacent to an activating group) is 1. The second-order valence-corrected chi connectivity index (χ2v) is 2.27. The highest BCUT2D eigenvalue weighted by molar-refractivity contribution is 4.71. The van der Waals surface area contributed by atoms with Crippen LogP contribution in [0.4, 0.5) is 0 Å². The standard InChI is InChI=1S/C6H12NO/c1-7(2)6-3-4-8-5-6/h6H,1,3-5H2,2H3/q-1. The summed E-state index contributed by atoms with van der Waals surface area (Å²) in [6, 6.07) is 0.565. The van der Waals surface area contributed by atoms with Crippen LogP contribution in [0, 0.1) is 7.05 Å². The predicted molar refractivity (Wildman–Crippen MR) is 32.3 cm³/mol. The molecule has 0 spiro atoms. The van der Waals surface area contributed by atoms with Crippen molar-refractivity contribution in [2.24, 2.45) is 0 Å². The quantitative estimate of drug-likeness (QED) is 0.460. The molecule has 0 saturated carbocycles. The van der Waals surface area contributed by atoms with Gasteiger partial charge < -0.3 is 9.64 Å². The SMILES string of the molecule is [CH2-]N(C)C1CCOC1. The summed E-state index contributed by atoms with van der Waals surface area (Å²) in [5.41, 5.74) is 0. The minimum absolute atomic E-state index is 0.565.